The van der Waals surface area contributed by atoms with Crippen LogP contribution in [0.5, 0.6) is 0 Å². The average molecular weight is 427 g/mol. The number of thioether (sulfide) groups is 1. The first-order valence-electron chi connectivity index (χ1n) is 8.88. The Hall–Kier alpha value is -2.22. The summed E-state index contributed by atoms with van der Waals surface area (Å²) < 4.78 is 1.62. The lowest BCUT2D eigenvalue weighted by molar-refractivity contribution is 0.0982. The van der Waals surface area contributed by atoms with E-state index in [1.165, 1.54) is 23.1 Å². The highest BCUT2D eigenvalue weighted by atomic mass is 32.2. The van der Waals surface area contributed by atoms with Gasteiger partial charge in [0.15, 0.2) is 10.9 Å². The highest BCUT2D eigenvalue weighted by molar-refractivity contribution is 7.99. The maximum absolute atomic E-state index is 12.9. The predicted octanol–water partition coefficient (Wildman–Crippen LogP) is 5.48. The van der Waals surface area contributed by atoms with E-state index in [0.29, 0.717) is 17.0 Å². The fourth-order valence-corrected chi connectivity index (χ4v) is 5.67. The Morgan fingerprint density at radius 2 is 1.96 bits per heavy atom. The first-order valence-corrected chi connectivity index (χ1v) is 11.6. The second kappa shape index (κ2) is 8.43. The van der Waals surface area contributed by atoms with E-state index in [-0.39, 0.29) is 11.3 Å². The van der Waals surface area contributed by atoms with Gasteiger partial charge in [-0.15, -0.1) is 22.7 Å². The van der Waals surface area contributed by atoms with E-state index < -0.39 is 0 Å². The molecule has 0 saturated carbocycles. The maximum atomic E-state index is 12.9. The number of Topliss-reactive ketones (excluding diaryl/α,β-unsaturated/α-hetero) is 1. The van der Waals surface area contributed by atoms with Gasteiger partial charge in [0, 0.05) is 40.6 Å². The van der Waals surface area contributed by atoms with Gasteiger partial charge in [-0.3, -0.25) is 14.2 Å². The summed E-state index contributed by atoms with van der Waals surface area (Å²) >= 11 is 4.66. The molecule has 28 heavy (non-hydrogen) atoms. The summed E-state index contributed by atoms with van der Waals surface area (Å²) in [6, 6.07) is 13.4. The molecule has 142 valence electrons. The van der Waals surface area contributed by atoms with Crippen molar-refractivity contribution in [1.82, 2.24) is 9.55 Å². The molecule has 3 heterocycles. The number of ketones is 1. The minimum absolute atomic E-state index is 0.0162. The molecule has 0 unspecified atom stereocenters. The summed E-state index contributed by atoms with van der Waals surface area (Å²) in [6.45, 7) is 0. The van der Waals surface area contributed by atoms with Crippen LogP contribution in [0.25, 0.3) is 20.7 Å². The molecule has 4 nitrogen and oxygen atoms in total. The Morgan fingerprint density at radius 3 is 2.71 bits per heavy atom. The van der Waals surface area contributed by atoms with Crippen molar-refractivity contribution >= 4 is 50.4 Å². The molecule has 0 saturated heterocycles. The Labute approximate surface area is 174 Å². The zero-order chi connectivity index (χ0) is 19.5. The van der Waals surface area contributed by atoms with Crippen LogP contribution in [-0.4, -0.2) is 21.1 Å². The fraction of sp³-hybridized carbons (Fsp3) is 0.190. The molecule has 0 atom stereocenters. The van der Waals surface area contributed by atoms with Crippen LogP contribution in [0.3, 0.4) is 0 Å². The van der Waals surface area contributed by atoms with Gasteiger partial charge in [0.2, 0.25) is 0 Å². The number of carbonyl (C=O) groups excluding carboxylic acids is 1. The number of thiophene rings is 2. The highest BCUT2D eigenvalue weighted by Gasteiger charge is 2.16. The van der Waals surface area contributed by atoms with Gasteiger partial charge in [-0.05, 0) is 17.9 Å². The standard InChI is InChI=1S/C21H18N2O2S3/c1-23-20(25)18-15(17-10-6-11-26-17)13-28-19(18)22-21(23)27-12-5-9-16(24)14-7-3-2-4-8-14/h2-4,6-8,10-11,13H,5,9,12H2,1H3. The molecule has 0 fully saturated rings. The summed E-state index contributed by atoms with van der Waals surface area (Å²) in [5.74, 6) is 0.894. The van der Waals surface area contributed by atoms with E-state index >= 15 is 0 Å². The smallest absolute Gasteiger partial charge is 0.263 e. The minimum Gasteiger partial charge on any atom is -0.294 e. The summed E-state index contributed by atoms with van der Waals surface area (Å²) in [6.07, 6.45) is 1.24. The van der Waals surface area contributed by atoms with Crippen LogP contribution >= 0.6 is 34.4 Å². The highest BCUT2D eigenvalue weighted by Crippen LogP contribution is 2.34. The zero-order valence-electron chi connectivity index (χ0n) is 15.3. The number of rotatable bonds is 7. The summed E-state index contributed by atoms with van der Waals surface area (Å²) in [5.41, 5.74) is 1.70. The molecule has 1 aromatic carbocycles. The molecule has 0 aliphatic rings. The second-order valence-corrected chi connectivity index (χ2v) is 9.17. The van der Waals surface area contributed by atoms with Gasteiger partial charge >= 0.3 is 0 Å². The molecule has 0 radical (unpaired) electrons. The Bertz CT molecular complexity index is 1160. The molecule has 0 aliphatic heterocycles. The molecular weight excluding hydrogens is 408 g/mol. The number of benzene rings is 1. The first kappa shape index (κ1) is 19.1. The molecule has 3 aromatic heterocycles. The maximum Gasteiger partial charge on any atom is 0.263 e. The van der Waals surface area contributed by atoms with Crippen LogP contribution in [-0.2, 0) is 7.05 Å². The Morgan fingerprint density at radius 1 is 1.14 bits per heavy atom. The summed E-state index contributed by atoms with van der Waals surface area (Å²) in [7, 11) is 1.77. The SMILES string of the molecule is Cn1c(SCCCC(=O)c2ccccc2)nc2scc(-c3cccs3)c2c1=O. The van der Waals surface area contributed by atoms with Gasteiger partial charge in [0.25, 0.3) is 5.56 Å². The first-order chi connectivity index (χ1) is 13.6. The predicted molar refractivity (Wildman–Crippen MR) is 119 cm³/mol. The third-order valence-electron chi connectivity index (χ3n) is 4.44. The van der Waals surface area contributed by atoms with Crippen molar-refractivity contribution in [3.05, 3.63) is 69.1 Å². The third-order valence-corrected chi connectivity index (χ3v) is 7.33. The molecule has 4 aromatic rings. The van der Waals surface area contributed by atoms with Gasteiger partial charge in [-0.2, -0.15) is 0 Å². The summed E-state index contributed by atoms with van der Waals surface area (Å²) in [5, 5.41) is 5.41. The van der Waals surface area contributed by atoms with Crippen molar-refractivity contribution in [3.63, 3.8) is 0 Å². The van der Waals surface area contributed by atoms with Crippen LogP contribution in [0.1, 0.15) is 23.2 Å². The van der Waals surface area contributed by atoms with Crippen molar-refractivity contribution in [1.29, 1.82) is 0 Å². The molecule has 7 heteroatoms. The van der Waals surface area contributed by atoms with Crippen molar-refractivity contribution in [2.45, 2.75) is 18.0 Å². The average Bonchev–Trinajstić information content (AvgIpc) is 3.38. The van der Waals surface area contributed by atoms with Gasteiger partial charge < -0.3 is 0 Å². The van der Waals surface area contributed by atoms with Gasteiger partial charge in [-0.1, -0.05) is 48.2 Å². The van der Waals surface area contributed by atoms with Crippen LogP contribution in [0, 0.1) is 0 Å². The second-order valence-electron chi connectivity index (χ2n) is 6.31. The van der Waals surface area contributed by atoms with Crippen LogP contribution < -0.4 is 5.56 Å². The largest absolute Gasteiger partial charge is 0.294 e. The quantitative estimate of drug-likeness (QED) is 0.170. The lowest BCUT2D eigenvalue weighted by atomic mass is 10.1. The minimum atomic E-state index is -0.0162. The van der Waals surface area contributed by atoms with E-state index in [1.807, 2.05) is 53.2 Å². The number of fused-ring (bicyclic) bond motifs is 1. The van der Waals surface area contributed by atoms with Crippen LogP contribution in [0.15, 0.2) is 63.2 Å². The van der Waals surface area contributed by atoms with Crippen molar-refractivity contribution in [2.75, 3.05) is 5.75 Å². The molecule has 0 aliphatic carbocycles. The number of carbonyl (C=O) groups is 1. The third kappa shape index (κ3) is 3.83. The number of aromatic nitrogens is 2. The molecule has 0 bridgehead atoms. The Kier molecular flexibility index (Phi) is 5.75. The monoisotopic (exact) mass is 426 g/mol. The molecular formula is C21H18N2O2S3. The van der Waals surface area contributed by atoms with Gasteiger partial charge in [0.1, 0.15) is 4.83 Å². The van der Waals surface area contributed by atoms with E-state index in [4.69, 9.17) is 4.98 Å². The van der Waals surface area contributed by atoms with E-state index in [9.17, 15) is 9.59 Å². The van der Waals surface area contributed by atoms with Crippen LogP contribution in [0.2, 0.25) is 0 Å². The number of nitrogens with zero attached hydrogens (tertiary/aromatic N) is 2. The summed E-state index contributed by atoms with van der Waals surface area (Å²) in [4.78, 5) is 31.7. The molecule has 0 amide bonds. The van der Waals surface area contributed by atoms with E-state index in [1.54, 1.807) is 23.0 Å². The molecule has 0 N–H and O–H groups in total. The van der Waals surface area contributed by atoms with Crippen molar-refractivity contribution < 1.29 is 4.79 Å². The Balaban J connectivity index is 1.47. The normalized spacial score (nSPS) is 11.2. The lowest BCUT2D eigenvalue weighted by Crippen LogP contribution is -2.19. The number of hydrogen-bond acceptors (Lipinski definition) is 6. The van der Waals surface area contributed by atoms with Gasteiger partial charge in [-0.25, -0.2) is 4.98 Å². The fourth-order valence-electron chi connectivity index (χ4n) is 2.96. The number of hydrogen-bond donors (Lipinski definition) is 0. The zero-order valence-corrected chi connectivity index (χ0v) is 17.7. The molecule has 0 spiro atoms. The van der Waals surface area contributed by atoms with Crippen molar-refractivity contribution in [3.8, 4) is 10.4 Å². The van der Waals surface area contributed by atoms with Crippen molar-refractivity contribution in [2.24, 2.45) is 7.05 Å². The van der Waals surface area contributed by atoms with Gasteiger partial charge in [0.05, 0.1) is 5.39 Å². The van der Waals surface area contributed by atoms with E-state index in [0.717, 1.165) is 33.0 Å². The molecule has 4 rings (SSSR count). The van der Waals surface area contributed by atoms with E-state index in [2.05, 4.69) is 0 Å². The van der Waals surface area contributed by atoms with Crippen LogP contribution in [0.4, 0.5) is 0 Å². The lowest BCUT2D eigenvalue weighted by Gasteiger charge is -2.07. The topological polar surface area (TPSA) is 52.0 Å².